The van der Waals surface area contributed by atoms with Crippen LogP contribution in [0, 0.1) is 13.8 Å². The van der Waals surface area contributed by atoms with E-state index in [4.69, 9.17) is 0 Å². The predicted octanol–water partition coefficient (Wildman–Crippen LogP) is 4.81. The zero-order chi connectivity index (χ0) is 21.1. The molecular weight excluding hydrogens is 442 g/mol. The number of carbonyl (C=O) groups excluding carboxylic acids is 1. The van der Waals surface area contributed by atoms with Crippen LogP contribution >= 0.6 is 15.9 Å². The third-order valence-corrected chi connectivity index (χ3v) is 5.66. The highest BCUT2D eigenvalue weighted by Gasteiger charge is 2.11. The van der Waals surface area contributed by atoms with E-state index in [1.807, 2.05) is 67.1 Å². The van der Waals surface area contributed by atoms with Crippen molar-refractivity contribution in [3.63, 3.8) is 0 Å². The van der Waals surface area contributed by atoms with Crippen LogP contribution in [0.15, 0.2) is 71.3 Å². The van der Waals surface area contributed by atoms with Gasteiger partial charge in [0.15, 0.2) is 0 Å². The number of aryl methyl sites for hydroxylation is 2. The van der Waals surface area contributed by atoms with Gasteiger partial charge in [0.25, 0.3) is 5.91 Å². The Morgan fingerprint density at radius 1 is 1.00 bits per heavy atom. The minimum Gasteiger partial charge on any atom is -0.307 e. The highest BCUT2D eigenvalue weighted by atomic mass is 79.9. The van der Waals surface area contributed by atoms with E-state index >= 15 is 0 Å². The number of hydrogen-bond acceptors (Lipinski definition) is 3. The molecule has 0 fully saturated rings. The summed E-state index contributed by atoms with van der Waals surface area (Å²) in [6, 6.07) is 19.4. The van der Waals surface area contributed by atoms with E-state index in [2.05, 4.69) is 37.5 Å². The smallest absolute Gasteiger partial charge is 0.256 e. The van der Waals surface area contributed by atoms with Gasteiger partial charge >= 0.3 is 0 Å². The van der Waals surface area contributed by atoms with Crippen molar-refractivity contribution in [3.8, 4) is 0 Å². The number of nitrogens with one attached hydrogen (secondary N) is 1. The predicted molar refractivity (Wildman–Crippen MR) is 121 cm³/mol. The molecule has 2 heterocycles. The highest BCUT2D eigenvalue weighted by Crippen LogP contribution is 2.19. The zero-order valence-electron chi connectivity index (χ0n) is 16.8. The Labute approximate surface area is 183 Å². The number of nitrogens with zero attached hydrogens (tertiary/aromatic N) is 4. The van der Waals surface area contributed by atoms with Gasteiger partial charge in [0.1, 0.15) is 5.82 Å². The number of amides is 1. The number of halogens is 1. The van der Waals surface area contributed by atoms with Crippen molar-refractivity contribution < 1.29 is 4.79 Å². The molecule has 0 atom stereocenters. The summed E-state index contributed by atoms with van der Waals surface area (Å²) >= 11 is 3.56. The Bertz CT molecular complexity index is 1180. The average Bonchev–Trinajstić information content (AvgIpc) is 3.29. The van der Waals surface area contributed by atoms with E-state index in [0.29, 0.717) is 24.5 Å². The van der Waals surface area contributed by atoms with Crippen LogP contribution < -0.4 is 5.32 Å². The SMILES string of the molecule is Cc1cc(C)n(Cc2ccc(C(=O)Nc3ccnn3Cc3ccccc3Br)cc2)n1. The van der Waals surface area contributed by atoms with Gasteiger partial charge in [-0.3, -0.25) is 9.48 Å². The van der Waals surface area contributed by atoms with Crippen molar-refractivity contribution in [3.05, 3.63) is 99.4 Å². The zero-order valence-corrected chi connectivity index (χ0v) is 18.4. The van der Waals surface area contributed by atoms with Gasteiger partial charge in [-0.25, -0.2) is 4.68 Å². The fourth-order valence-corrected chi connectivity index (χ4v) is 3.72. The molecule has 1 amide bonds. The summed E-state index contributed by atoms with van der Waals surface area (Å²) < 4.78 is 4.75. The summed E-state index contributed by atoms with van der Waals surface area (Å²) in [4.78, 5) is 12.7. The summed E-state index contributed by atoms with van der Waals surface area (Å²) in [7, 11) is 0. The van der Waals surface area contributed by atoms with Crippen molar-refractivity contribution in [2.24, 2.45) is 0 Å². The Balaban J connectivity index is 1.44. The fraction of sp³-hybridized carbons (Fsp3) is 0.174. The van der Waals surface area contributed by atoms with Crippen molar-refractivity contribution in [2.45, 2.75) is 26.9 Å². The molecule has 0 aliphatic heterocycles. The summed E-state index contributed by atoms with van der Waals surface area (Å²) in [5, 5.41) is 11.8. The molecule has 0 aliphatic carbocycles. The molecule has 0 aliphatic rings. The highest BCUT2D eigenvalue weighted by molar-refractivity contribution is 9.10. The number of rotatable bonds is 6. The molecule has 0 radical (unpaired) electrons. The maximum Gasteiger partial charge on any atom is 0.256 e. The van der Waals surface area contributed by atoms with Gasteiger partial charge in [-0.2, -0.15) is 10.2 Å². The molecule has 6 nitrogen and oxygen atoms in total. The lowest BCUT2D eigenvalue weighted by molar-refractivity contribution is 0.102. The van der Waals surface area contributed by atoms with Crippen molar-refractivity contribution in [1.82, 2.24) is 19.6 Å². The quantitative estimate of drug-likeness (QED) is 0.446. The van der Waals surface area contributed by atoms with Gasteiger partial charge < -0.3 is 5.32 Å². The third kappa shape index (κ3) is 4.52. The second-order valence-corrected chi connectivity index (χ2v) is 8.06. The van der Waals surface area contributed by atoms with E-state index in [1.165, 1.54) is 0 Å². The molecule has 0 bridgehead atoms. The molecule has 0 spiro atoms. The molecule has 2 aromatic heterocycles. The summed E-state index contributed by atoms with van der Waals surface area (Å²) in [6.07, 6.45) is 1.68. The van der Waals surface area contributed by atoms with Crippen LogP contribution in [0.5, 0.6) is 0 Å². The van der Waals surface area contributed by atoms with Gasteiger partial charge in [-0.15, -0.1) is 0 Å². The van der Waals surface area contributed by atoms with Crippen molar-refractivity contribution in [2.75, 3.05) is 5.32 Å². The fourth-order valence-electron chi connectivity index (χ4n) is 3.31. The van der Waals surface area contributed by atoms with Crippen molar-refractivity contribution in [1.29, 1.82) is 0 Å². The number of aromatic nitrogens is 4. The molecule has 1 N–H and O–H groups in total. The van der Waals surface area contributed by atoms with Gasteiger partial charge in [-0.1, -0.05) is 46.3 Å². The Morgan fingerprint density at radius 3 is 2.47 bits per heavy atom. The van der Waals surface area contributed by atoms with Crippen LogP contribution in [0.25, 0.3) is 0 Å². The van der Waals surface area contributed by atoms with Gasteiger partial charge in [-0.05, 0) is 49.2 Å². The normalized spacial score (nSPS) is 10.9. The number of carbonyl (C=O) groups is 1. The lowest BCUT2D eigenvalue weighted by Crippen LogP contribution is -2.16. The maximum atomic E-state index is 12.7. The molecular formula is C23H22BrN5O. The van der Waals surface area contributed by atoms with Crippen molar-refractivity contribution >= 4 is 27.7 Å². The second-order valence-electron chi connectivity index (χ2n) is 7.20. The molecule has 0 unspecified atom stereocenters. The Morgan fingerprint density at radius 2 is 1.77 bits per heavy atom. The van der Waals surface area contributed by atoms with E-state index in [0.717, 1.165) is 27.0 Å². The largest absolute Gasteiger partial charge is 0.307 e. The van der Waals surface area contributed by atoms with Gasteiger partial charge in [0, 0.05) is 21.8 Å². The molecule has 152 valence electrons. The lowest BCUT2D eigenvalue weighted by Gasteiger charge is -2.11. The molecule has 0 saturated carbocycles. The second kappa shape index (κ2) is 8.67. The summed E-state index contributed by atoms with van der Waals surface area (Å²) in [6.45, 7) is 5.27. The molecule has 30 heavy (non-hydrogen) atoms. The first-order valence-corrected chi connectivity index (χ1v) is 10.5. The molecule has 4 rings (SSSR count). The first-order chi connectivity index (χ1) is 14.5. The van der Waals surface area contributed by atoms with E-state index in [-0.39, 0.29) is 5.91 Å². The first kappa shape index (κ1) is 20.1. The number of anilines is 1. The summed E-state index contributed by atoms with van der Waals surface area (Å²) in [5.41, 5.74) is 4.90. The van der Waals surface area contributed by atoms with Crippen LogP contribution in [-0.2, 0) is 13.1 Å². The van der Waals surface area contributed by atoms with Crippen LogP contribution in [0.4, 0.5) is 5.82 Å². The maximum absolute atomic E-state index is 12.7. The third-order valence-electron chi connectivity index (χ3n) is 4.89. The minimum absolute atomic E-state index is 0.165. The van der Waals surface area contributed by atoms with E-state index < -0.39 is 0 Å². The molecule has 2 aromatic carbocycles. The molecule has 7 heteroatoms. The van der Waals surface area contributed by atoms with Crippen LogP contribution in [0.1, 0.15) is 32.9 Å². The van der Waals surface area contributed by atoms with Crippen LogP contribution in [0.2, 0.25) is 0 Å². The topological polar surface area (TPSA) is 64.7 Å². The van der Waals surface area contributed by atoms with Gasteiger partial charge in [0.05, 0.1) is 25.0 Å². The number of hydrogen-bond donors (Lipinski definition) is 1. The Kier molecular flexibility index (Phi) is 5.81. The molecule has 4 aromatic rings. The van der Waals surface area contributed by atoms with E-state index in [9.17, 15) is 4.79 Å². The first-order valence-electron chi connectivity index (χ1n) is 9.66. The standard InChI is InChI=1S/C23H22BrN5O/c1-16-13-17(2)28(27-16)14-18-7-9-19(10-8-18)23(30)26-22-11-12-25-29(22)15-20-5-3-4-6-21(20)24/h3-13H,14-15H2,1-2H3,(H,26,30). The van der Waals surface area contributed by atoms with Crippen LogP contribution in [-0.4, -0.2) is 25.5 Å². The molecule has 0 saturated heterocycles. The Hall–Kier alpha value is -3.19. The summed E-state index contributed by atoms with van der Waals surface area (Å²) in [5.74, 6) is 0.490. The monoisotopic (exact) mass is 463 g/mol. The number of benzene rings is 2. The van der Waals surface area contributed by atoms with E-state index in [1.54, 1.807) is 16.9 Å². The van der Waals surface area contributed by atoms with Gasteiger partial charge in [0.2, 0.25) is 0 Å². The average molecular weight is 464 g/mol. The lowest BCUT2D eigenvalue weighted by atomic mass is 10.1. The minimum atomic E-state index is -0.165. The van der Waals surface area contributed by atoms with Crippen LogP contribution in [0.3, 0.4) is 0 Å².